The molecule has 4 aromatic rings. The first-order chi connectivity index (χ1) is 18.1. The Bertz CT molecular complexity index is 1560. The van der Waals surface area contributed by atoms with Crippen molar-refractivity contribution in [2.24, 2.45) is 5.10 Å². The number of benzene rings is 3. The molecule has 10 heteroatoms. The molecular formula is C27H21N5O5. The first-order valence-electron chi connectivity index (χ1n) is 11.2. The monoisotopic (exact) mass is 495 g/mol. The molecule has 5 rings (SSSR count). The summed E-state index contributed by atoms with van der Waals surface area (Å²) >= 11 is 0. The highest BCUT2D eigenvalue weighted by Gasteiger charge is 2.15. The van der Waals surface area contributed by atoms with Crippen LogP contribution in [0.4, 0.5) is 5.95 Å². The van der Waals surface area contributed by atoms with Crippen LogP contribution in [0.15, 0.2) is 76.6 Å². The number of aromatic nitrogens is 2. The van der Waals surface area contributed by atoms with Gasteiger partial charge in [0, 0.05) is 17.2 Å². The van der Waals surface area contributed by atoms with Crippen molar-refractivity contribution in [1.29, 1.82) is 5.26 Å². The minimum atomic E-state index is -0.554. The minimum absolute atomic E-state index is 0.0667. The molecule has 184 valence electrons. The van der Waals surface area contributed by atoms with Gasteiger partial charge in [0.05, 0.1) is 19.0 Å². The summed E-state index contributed by atoms with van der Waals surface area (Å²) in [4.78, 5) is 19.3. The molecule has 3 aromatic carbocycles. The number of ether oxygens (including phenoxy) is 4. The van der Waals surface area contributed by atoms with Crippen LogP contribution in [0.1, 0.15) is 16.7 Å². The quantitative estimate of drug-likeness (QED) is 0.276. The number of fused-ring (bicyclic) bond motifs is 1. The first kappa shape index (κ1) is 23.4. The zero-order valence-corrected chi connectivity index (χ0v) is 19.7. The highest BCUT2D eigenvalue weighted by molar-refractivity contribution is 5.81. The number of nitrogens with one attached hydrogen (secondary N) is 2. The van der Waals surface area contributed by atoms with Crippen molar-refractivity contribution in [3.05, 3.63) is 93.8 Å². The molecule has 0 bridgehead atoms. The molecule has 1 aliphatic heterocycles. The zero-order valence-electron chi connectivity index (χ0n) is 19.7. The lowest BCUT2D eigenvalue weighted by molar-refractivity contribution is 0.173. The highest BCUT2D eigenvalue weighted by atomic mass is 16.7. The third-order valence-corrected chi connectivity index (χ3v) is 5.51. The van der Waals surface area contributed by atoms with Crippen LogP contribution in [0.3, 0.4) is 0 Å². The predicted molar refractivity (Wildman–Crippen MR) is 136 cm³/mol. The molecule has 0 radical (unpaired) electrons. The molecular weight excluding hydrogens is 474 g/mol. The van der Waals surface area contributed by atoms with Crippen LogP contribution in [0.25, 0.3) is 11.3 Å². The van der Waals surface area contributed by atoms with Gasteiger partial charge in [-0.2, -0.15) is 10.4 Å². The average Bonchev–Trinajstić information content (AvgIpc) is 3.40. The second kappa shape index (κ2) is 10.5. The van der Waals surface area contributed by atoms with Gasteiger partial charge in [0.25, 0.3) is 5.56 Å². The molecule has 1 aromatic heterocycles. The summed E-state index contributed by atoms with van der Waals surface area (Å²) in [5.74, 6) is 2.73. The second-order valence-corrected chi connectivity index (χ2v) is 7.86. The SMILES string of the molecule is COc1ccc(C=NNc2nc(-c3ccccc3)c(C#N)c(=O)[nH]2)cc1COc1ccc2c(c1)OCO2. The Balaban J connectivity index is 1.32. The zero-order chi connectivity index (χ0) is 25.6. The molecule has 0 fully saturated rings. The van der Waals surface area contributed by atoms with Crippen molar-refractivity contribution in [2.75, 3.05) is 19.3 Å². The lowest BCUT2D eigenvalue weighted by Gasteiger charge is -2.11. The van der Waals surface area contributed by atoms with E-state index in [2.05, 4.69) is 20.5 Å². The van der Waals surface area contributed by atoms with E-state index < -0.39 is 5.56 Å². The molecule has 0 amide bonds. The summed E-state index contributed by atoms with van der Waals surface area (Å²) in [5, 5.41) is 13.6. The number of aromatic amines is 1. The number of hydrazone groups is 1. The lowest BCUT2D eigenvalue weighted by atomic mass is 10.1. The second-order valence-electron chi connectivity index (χ2n) is 7.86. The molecule has 0 saturated carbocycles. The average molecular weight is 495 g/mol. The first-order valence-corrected chi connectivity index (χ1v) is 11.2. The largest absolute Gasteiger partial charge is 0.496 e. The van der Waals surface area contributed by atoms with Crippen LogP contribution in [-0.2, 0) is 6.61 Å². The molecule has 2 heterocycles. The maximum Gasteiger partial charge on any atom is 0.270 e. The van der Waals surface area contributed by atoms with Crippen LogP contribution in [0.5, 0.6) is 23.0 Å². The van der Waals surface area contributed by atoms with E-state index in [9.17, 15) is 10.1 Å². The summed E-state index contributed by atoms with van der Waals surface area (Å²) in [6.45, 7) is 0.449. The van der Waals surface area contributed by atoms with Gasteiger partial charge in [-0.25, -0.2) is 10.4 Å². The van der Waals surface area contributed by atoms with E-state index in [1.165, 1.54) is 0 Å². The number of H-pyrrole nitrogens is 1. The number of methoxy groups -OCH3 is 1. The Hall–Kier alpha value is -5.30. The van der Waals surface area contributed by atoms with E-state index in [1.54, 1.807) is 37.6 Å². The van der Waals surface area contributed by atoms with Gasteiger partial charge in [-0.15, -0.1) is 0 Å². The fourth-order valence-electron chi connectivity index (χ4n) is 3.72. The standard InChI is InChI=1S/C27H21N5O5/c1-34-22-9-7-17(11-19(22)15-35-20-8-10-23-24(12-20)37-16-36-23)14-29-32-27-30-25(18-5-3-2-4-6-18)21(13-28)26(33)31-27/h2-12,14H,15-16H2,1H3,(H2,30,31,32,33). The van der Waals surface area contributed by atoms with Crippen LogP contribution in [0.2, 0.25) is 0 Å². The Morgan fingerprint density at radius 1 is 1.14 bits per heavy atom. The highest BCUT2D eigenvalue weighted by Crippen LogP contribution is 2.35. The van der Waals surface area contributed by atoms with Gasteiger partial charge in [-0.3, -0.25) is 9.78 Å². The number of rotatable bonds is 8. The number of hydrogen-bond acceptors (Lipinski definition) is 9. The van der Waals surface area contributed by atoms with Gasteiger partial charge in [0.2, 0.25) is 12.7 Å². The van der Waals surface area contributed by atoms with Gasteiger partial charge in [-0.05, 0) is 35.9 Å². The van der Waals surface area contributed by atoms with E-state index in [0.717, 1.165) is 11.1 Å². The van der Waals surface area contributed by atoms with Crippen molar-refractivity contribution in [3.63, 3.8) is 0 Å². The molecule has 2 N–H and O–H groups in total. The summed E-state index contributed by atoms with van der Waals surface area (Å²) < 4.78 is 22.1. The third-order valence-electron chi connectivity index (χ3n) is 5.51. The van der Waals surface area contributed by atoms with Gasteiger partial charge in [-0.1, -0.05) is 30.3 Å². The van der Waals surface area contributed by atoms with E-state index in [0.29, 0.717) is 28.6 Å². The van der Waals surface area contributed by atoms with Gasteiger partial charge in [0.15, 0.2) is 11.5 Å². The maximum atomic E-state index is 12.4. The number of nitrogens with zero attached hydrogens (tertiary/aromatic N) is 3. The number of hydrogen-bond donors (Lipinski definition) is 2. The molecule has 0 aliphatic carbocycles. The predicted octanol–water partition coefficient (Wildman–Crippen LogP) is 4.07. The summed E-state index contributed by atoms with van der Waals surface area (Å²) in [7, 11) is 1.59. The van der Waals surface area contributed by atoms with Crippen molar-refractivity contribution < 1.29 is 18.9 Å². The molecule has 0 unspecified atom stereocenters. The van der Waals surface area contributed by atoms with Crippen molar-refractivity contribution in [1.82, 2.24) is 9.97 Å². The molecule has 37 heavy (non-hydrogen) atoms. The Kier molecular flexibility index (Phi) is 6.67. The molecule has 0 saturated heterocycles. The Labute approximate surface area is 211 Å². The fourth-order valence-corrected chi connectivity index (χ4v) is 3.72. The van der Waals surface area contributed by atoms with E-state index in [1.807, 2.05) is 48.5 Å². The maximum absolute atomic E-state index is 12.4. The minimum Gasteiger partial charge on any atom is -0.496 e. The normalized spacial score (nSPS) is 11.8. The van der Waals surface area contributed by atoms with Crippen molar-refractivity contribution in [2.45, 2.75) is 6.61 Å². The van der Waals surface area contributed by atoms with E-state index in [-0.39, 0.29) is 30.6 Å². The smallest absolute Gasteiger partial charge is 0.270 e. The summed E-state index contributed by atoms with van der Waals surface area (Å²) in [6.07, 6.45) is 1.57. The van der Waals surface area contributed by atoms with Crippen molar-refractivity contribution in [3.8, 4) is 40.3 Å². The van der Waals surface area contributed by atoms with Crippen LogP contribution >= 0.6 is 0 Å². The molecule has 1 aliphatic rings. The summed E-state index contributed by atoms with van der Waals surface area (Å²) in [5.41, 5.74) is 4.60. The number of anilines is 1. The van der Waals surface area contributed by atoms with Crippen molar-refractivity contribution >= 4 is 12.2 Å². The van der Waals surface area contributed by atoms with Gasteiger partial charge in [0.1, 0.15) is 29.7 Å². The van der Waals surface area contributed by atoms with E-state index in [4.69, 9.17) is 18.9 Å². The topological polar surface area (TPSA) is 131 Å². The van der Waals surface area contributed by atoms with Gasteiger partial charge >= 0.3 is 0 Å². The number of nitriles is 1. The van der Waals surface area contributed by atoms with Crippen LogP contribution < -0.4 is 29.9 Å². The molecule has 0 spiro atoms. The van der Waals surface area contributed by atoms with E-state index >= 15 is 0 Å². The Morgan fingerprint density at radius 2 is 1.97 bits per heavy atom. The fraction of sp³-hybridized carbons (Fsp3) is 0.111. The Morgan fingerprint density at radius 3 is 2.78 bits per heavy atom. The summed E-state index contributed by atoms with van der Waals surface area (Å²) in [6, 6.07) is 21.8. The van der Waals surface area contributed by atoms with Crippen LogP contribution in [-0.4, -0.2) is 30.1 Å². The van der Waals surface area contributed by atoms with Crippen LogP contribution in [0, 0.1) is 11.3 Å². The van der Waals surface area contributed by atoms with Gasteiger partial charge < -0.3 is 18.9 Å². The molecule has 0 atom stereocenters. The molecule has 10 nitrogen and oxygen atoms in total. The lowest BCUT2D eigenvalue weighted by Crippen LogP contribution is -2.16. The third kappa shape index (κ3) is 5.21.